The summed E-state index contributed by atoms with van der Waals surface area (Å²) in [6.07, 6.45) is -1.90. The number of aliphatic imine (C=N–C) groups is 1. The van der Waals surface area contributed by atoms with Crippen molar-refractivity contribution in [3.63, 3.8) is 0 Å². The van der Waals surface area contributed by atoms with E-state index >= 15 is 0 Å². The molecular weight excluding hydrogens is 494 g/mol. The zero-order valence-corrected chi connectivity index (χ0v) is 22.4. The Kier molecular flexibility index (Phi) is 12.3. The summed E-state index contributed by atoms with van der Waals surface area (Å²) >= 11 is 0. The van der Waals surface area contributed by atoms with E-state index in [4.69, 9.17) is 26.1 Å². The lowest BCUT2D eigenvalue weighted by molar-refractivity contribution is -0.118. The van der Waals surface area contributed by atoms with Crippen LogP contribution in [-0.2, 0) is 9.53 Å². The molecule has 1 aliphatic heterocycles. The number of benzene rings is 3. The fourth-order valence-electron chi connectivity index (χ4n) is 3.55. The van der Waals surface area contributed by atoms with Crippen molar-refractivity contribution in [2.45, 2.75) is 26.4 Å². The molecule has 0 aliphatic carbocycles. The van der Waals surface area contributed by atoms with E-state index < -0.39 is 12.5 Å². The average molecular weight is 530 g/mol. The van der Waals surface area contributed by atoms with Gasteiger partial charge in [-0.2, -0.15) is 0 Å². The second-order valence-electron chi connectivity index (χ2n) is 7.60. The number of carbonyl (C=O) groups excluding carboxylic acids is 1. The van der Waals surface area contributed by atoms with Crippen LogP contribution in [0.3, 0.4) is 0 Å². The molecule has 2 unspecified atom stereocenters. The van der Waals surface area contributed by atoms with Gasteiger partial charge in [-0.05, 0) is 32.3 Å². The Bertz CT molecular complexity index is 1290. The number of benzodiazepines with no additional fused rings is 1. The number of anilines is 1. The predicted octanol–water partition coefficient (Wildman–Crippen LogP) is 3.89. The van der Waals surface area contributed by atoms with Crippen molar-refractivity contribution in [3.8, 4) is 0 Å². The zero-order chi connectivity index (χ0) is 28.8. The molecular formula is C28H35N9O2. The number of amidine groups is 1. The highest BCUT2D eigenvalue weighted by Crippen LogP contribution is 2.23. The van der Waals surface area contributed by atoms with E-state index in [1.807, 2.05) is 68.4 Å². The van der Waals surface area contributed by atoms with Crippen molar-refractivity contribution >= 4 is 29.0 Å². The lowest BCUT2D eigenvalue weighted by Gasteiger charge is -2.23. The van der Waals surface area contributed by atoms with E-state index in [-0.39, 0.29) is 17.6 Å². The molecule has 2 atom stereocenters. The summed E-state index contributed by atoms with van der Waals surface area (Å²) in [4.78, 5) is 17.8. The normalized spacial score (nSPS) is 14.3. The van der Waals surface area contributed by atoms with Crippen LogP contribution >= 0.6 is 0 Å². The lowest BCUT2D eigenvalue weighted by Crippen LogP contribution is -2.52. The van der Waals surface area contributed by atoms with Crippen LogP contribution in [0.1, 0.15) is 36.1 Å². The molecule has 11 nitrogen and oxygen atoms in total. The second kappa shape index (κ2) is 15.6. The number of nitrogens with two attached hydrogens (primary N) is 1. The number of nitrogens with one attached hydrogen (secondary N) is 6. The largest absolute Gasteiger partial charge is 0.445 e. The van der Waals surface area contributed by atoms with Crippen LogP contribution in [0.4, 0.5) is 5.69 Å². The molecule has 0 saturated heterocycles. The first-order valence-corrected chi connectivity index (χ1v) is 12.4. The molecule has 4 rings (SSSR count). The van der Waals surface area contributed by atoms with Crippen LogP contribution in [0.5, 0.6) is 0 Å². The first-order valence-electron chi connectivity index (χ1n) is 12.4. The number of para-hydroxylation sites is 1. The number of amides is 1. The summed E-state index contributed by atoms with van der Waals surface area (Å²) in [7, 11) is 3.14. The summed E-state index contributed by atoms with van der Waals surface area (Å²) in [5.74, 6) is -0.686. The highest BCUT2D eigenvalue weighted by molar-refractivity contribution is 6.19. The van der Waals surface area contributed by atoms with E-state index in [1.54, 1.807) is 31.3 Å². The van der Waals surface area contributed by atoms with Crippen molar-refractivity contribution in [2.24, 2.45) is 15.8 Å². The molecule has 204 valence electrons. The maximum Gasteiger partial charge on any atom is 0.264 e. The van der Waals surface area contributed by atoms with Crippen LogP contribution in [0.2, 0.25) is 0 Å². The molecule has 3 aromatic carbocycles. The Morgan fingerprint density at radius 1 is 0.974 bits per heavy atom. The van der Waals surface area contributed by atoms with Gasteiger partial charge in [-0.3, -0.25) is 25.9 Å². The van der Waals surface area contributed by atoms with Crippen molar-refractivity contribution in [2.75, 3.05) is 19.4 Å². The van der Waals surface area contributed by atoms with E-state index in [0.717, 1.165) is 11.1 Å². The van der Waals surface area contributed by atoms with Gasteiger partial charge in [0.1, 0.15) is 0 Å². The molecule has 1 aliphatic rings. The summed E-state index contributed by atoms with van der Waals surface area (Å²) < 4.78 is 5.72. The van der Waals surface area contributed by atoms with Crippen LogP contribution in [0, 0.1) is 16.3 Å². The van der Waals surface area contributed by atoms with Gasteiger partial charge in [-0.25, -0.2) is 10.8 Å². The molecule has 1 amide bonds. The highest BCUT2D eigenvalue weighted by Gasteiger charge is 2.28. The molecule has 0 spiro atoms. The molecule has 11 heteroatoms. The number of fused-ring (bicyclic) bond motifs is 1. The molecule has 39 heavy (non-hydrogen) atoms. The number of hydrogen-bond donors (Lipinski definition) is 7. The number of carbonyl (C=O) groups is 1. The minimum Gasteiger partial charge on any atom is -0.445 e. The van der Waals surface area contributed by atoms with Gasteiger partial charge in [0.15, 0.2) is 12.0 Å². The molecule has 8 N–H and O–H groups in total. The summed E-state index contributed by atoms with van der Waals surface area (Å²) in [6, 6.07) is 23.4. The van der Waals surface area contributed by atoms with E-state index in [9.17, 15) is 4.79 Å². The first kappa shape index (κ1) is 30.6. The van der Waals surface area contributed by atoms with Crippen molar-refractivity contribution in [1.82, 2.24) is 10.6 Å². The third kappa shape index (κ3) is 7.95. The Morgan fingerprint density at radius 2 is 1.56 bits per heavy atom. The highest BCUT2D eigenvalue weighted by atomic mass is 16.5. The van der Waals surface area contributed by atoms with Crippen LogP contribution in [-0.4, -0.2) is 50.0 Å². The third-order valence-corrected chi connectivity index (χ3v) is 5.33. The number of rotatable bonds is 7. The van der Waals surface area contributed by atoms with E-state index in [0.29, 0.717) is 22.5 Å². The van der Waals surface area contributed by atoms with Crippen molar-refractivity contribution in [3.05, 3.63) is 101 Å². The van der Waals surface area contributed by atoms with Gasteiger partial charge in [-0.1, -0.05) is 74.5 Å². The average Bonchev–Trinajstić information content (AvgIpc) is 3.14. The minimum atomic E-state index is -0.996. The van der Waals surface area contributed by atoms with Gasteiger partial charge in [0.2, 0.25) is 12.2 Å². The smallest absolute Gasteiger partial charge is 0.264 e. The van der Waals surface area contributed by atoms with Gasteiger partial charge in [-0.15, -0.1) is 5.11 Å². The van der Waals surface area contributed by atoms with Crippen molar-refractivity contribution < 1.29 is 9.53 Å². The number of ether oxygens (including phenoxy) is 1. The second-order valence-corrected chi connectivity index (χ2v) is 7.60. The molecule has 3 aromatic rings. The number of nitrogens with zero attached hydrogens (tertiary/aromatic N) is 2. The van der Waals surface area contributed by atoms with Gasteiger partial charge in [0.05, 0.1) is 11.4 Å². The monoisotopic (exact) mass is 529 g/mol. The predicted molar refractivity (Wildman–Crippen MR) is 155 cm³/mol. The minimum absolute atomic E-state index is 0.151. The Morgan fingerprint density at radius 3 is 2.18 bits per heavy atom. The van der Waals surface area contributed by atoms with E-state index in [1.165, 1.54) is 7.05 Å². The molecule has 0 fully saturated rings. The topological polar surface area (TPSA) is 185 Å². The fourth-order valence-corrected chi connectivity index (χ4v) is 3.55. The molecule has 0 radical (unpaired) electrons. The van der Waals surface area contributed by atoms with Gasteiger partial charge >= 0.3 is 0 Å². The molecule has 0 saturated carbocycles. The molecule has 1 heterocycles. The zero-order valence-electron chi connectivity index (χ0n) is 22.4. The quantitative estimate of drug-likeness (QED) is 0.106. The maximum absolute atomic E-state index is 13.0. The Labute approximate surface area is 228 Å². The SMILES string of the molecule is CC.CN.CNC(NC1N=C(c2ccccc2)c2ccccc2NC1=O)OC(=N)c1ccc(C(=N)N=N)cc1. The van der Waals surface area contributed by atoms with Crippen molar-refractivity contribution in [1.29, 1.82) is 16.3 Å². The third-order valence-electron chi connectivity index (χ3n) is 5.33. The van der Waals surface area contributed by atoms with Gasteiger partial charge in [0.25, 0.3) is 5.91 Å². The maximum atomic E-state index is 13.0. The number of hydrogen-bond acceptors (Lipinski definition) is 9. The summed E-state index contributed by atoms with van der Waals surface area (Å²) in [5.41, 5.74) is 15.3. The lowest BCUT2D eigenvalue weighted by atomic mass is 10.0. The van der Waals surface area contributed by atoms with Gasteiger partial charge in [0, 0.05) is 22.3 Å². The first-order chi connectivity index (χ1) is 19.0. The summed E-state index contributed by atoms with van der Waals surface area (Å²) in [6.45, 7) is 4.00. The van der Waals surface area contributed by atoms with E-state index in [2.05, 4.69) is 26.8 Å². The van der Waals surface area contributed by atoms with Crippen LogP contribution < -0.4 is 21.7 Å². The standard InChI is InChI=1S/C25H24N8O2.C2H6.CH5N/c1-29-25(35-22(27)17-13-11-16(12-14-17)21(26)33-28)32-23-24(34)30-19-10-6-5-9-18(19)20(31-23)15-7-3-2-4-8-15;2*1-2/h2-14,23,25-29,32H,1H3,(H,30,34);1-2H3;2H2,1H3. The Balaban J connectivity index is 0.00000127. The van der Waals surface area contributed by atoms with Gasteiger partial charge < -0.3 is 15.8 Å². The van der Waals surface area contributed by atoms with Crippen LogP contribution in [0.25, 0.3) is 0 Å². The molecule has 0 aromatic heterocycles. The summed E-state index contributed by atoms with van der Waals surface area (Å²) in [5, 5.41) is 27.9. The Hall–Kier alpha value is -4.58. The molecule has 0 bridgehead atoms. The van der Waals surface area contributed by atoms with Crippen LogP contribution in [0.15, 0.2) is 89.0 Å². The fraction of sp³-hybridized carbons (Fsp3) is 0.214.